The molecule has 33 heavy (non-hydrogen) atoms. The molecule has 0 fully saturated rings. The summed E-state index contributed by atoms with van der Waals surface area (Å²) in [6, 6.07) is 19.1. The van der Waals surface area contributed by atoms with E-state index in [2.05, 4.69) is 5.32 Å². The molecule has 1 N–H and O–H groups in total. The Morgan fingerprint density at radius 1 is 0.970 bits per heavy atom. The fourth-order valence-electron chi connectivity index (χ4n) is 3.27. The van der Waals surface area contributed by atoms with Crippen LogP contribution in [0.25, 0.3) is 11.0 Å². The van der Waals surface area contributed by atoms with E-state index in [-0.39, 0.29) is 17.5 Å². The van der Waals surface area contributed by atoms with E-state index in [1.54, 1.807) is 37.4 Å². The SMILES string of the molecule is COc1ccc(NC(=O)CSc2nc3ccccc3nc2Cc2ccc(F)cc2)c(OC)c1. The summed E-state index contributed by atoms with van der Waals surface area (Å²) < 4.78 is 23.8. The number of ether oxygens (including phenoxy) is 2. The molecule has 6 nitrogen and oxygen atoms in total. The van der Waals surface area contributed by atoms with Gasteiger partial charge in [-0.25, -0.2) is 14.4 Å². The summed E-state index contributed by atoms with van der Waals surface area (Å²) in [7, 11) is 3.10. The third kappa shape index (κ3) is 5.59. The number of aromatic nitrogens is 2. The number of para-hydroxylation sites is 2. The molecule has 0 saturated heterocycles. The molecule has 1 heterocycles. The fourth-order valence-corrected chi connectivity index (χ4v) is 4.06. The highest BCUT2D eigenvalue weighted by molar-refractivity contribution is 8.00. The molecule has 0 aliphatic carbocycles. The number of carbonyl (C=O) groups is 1. The number of rotatable bonds is 8. The van der Waals surface area contributed by atoms with E-state index in [1.807, 2.05) is 24.3 Å². The van der Waals surface area contributed by atoms with Gasteiger partial charge in [0.1, 0.15) is 22.3 Å². The van der Waals surface area contributed by atoms with Gasteiger partial charge in [0.15, 0.2) is 0 Å². The van der Waals surface area contributed by atoms with Crippen LogP contribution in [-0.2, 0) is 11.2 Å². The maximum Gasteiger partial charge on any atom is 0.234 e. The molecule has 0 spiro atoms. The number of anilines is 1. The first-order chi connectivity index (χ1) is 16.1. The Labute approximate surface area is 195 Å². The van der Waals surface area contributed by atoms with Gasteiger partial charge in [-0.2, -0.15) is 0 Å². The van der Waals surface area contributed by atoms with Crippen molar-refractivity contribution in [3.05, 3.63) is 83.8 Å². The van der Waals surface area contributed by atoms with Crippen LogP contribution in [0.5, 0.6) is 11.5 Å². The molecular formula is C25H22FN3O3S. The van der Waals surface area contributed by atoms with Crippen molar-refractivity contribution >= 4 is 34.4 Å². The first kappa shape index (κ1) is 22.5. The molecule has 0 aliphatic heterocycles. The van der Waals surface area contributed by atoms with E-state index in [0.29, 0.717) is 28.6 Å². The van der Waals surface area contributed by atoms with Crippen LogP contribution in [0.15, 0.2) is 71.8 Å². The zero-order valence-corrected chi connectivity index (χ0v) is 19.0. The van der Waals surface area contributed by atoms with Crippen molar-refractivity contribution in [2.24, 2.45) is 0 Å². The lowest BCUT2D eigenvalue weighted by Gasteiger charge is -2.12. The molecule has 1 amide bonds. The van der Waals surface area contributed by atoms with E-state index in [4.69, 9.17) is 19.4 Å². The highest BCUT2D eigenvalue weighted by Crippen LogP contribution is 2.30. The van der Waals surface area contributed by atoms with Crippen LogP contribution in [0.4, 0.5) is 10.1 Å². The molecule has 3 aromatic carbocycles. The number of amides is 1. The molecule has 0 saturated carbocycles. The Morgan fingerprint density at radius 3 is 2.39 bits per heavy atom. The summed E-state index contributed by atoms with van der Waals surface area (Å²) in [5.74, 6) is 0.791. The van der Waals surface area contributed by atoms with Crippen molar-refractivity contribution in [1.29, 1.82) is 0 Å². The first-order valence-corrected chi connectivity index (χ1v) is 11.2. The number of fused-ring (bicyclic) bond motifs is 1. The standard InChI is InChI=1S/C25H22FN3O3S/c1-31-18-11-12-21(23(14-18)32-2)28-24(30)15-33-25-22(13-16-7-9-17(26)10-8-16)27-19-5-3-4-6-20(19)29-25/h3-12,14H,13,15H2,1-2H3,(H,28,30). The first-order valence-electron chi connectivity index (χ1n) is 10.2. The van der Waals surface area contributed by atoms with Crippen LogP contribution < -0.4 is 14.8 Å². The maximum absolute atomic E-state index is 13.3. The summed E-state index contributed by atoms with van der Waals surface area (Å²) in [5, 5.41) is 3.53. The van der Waals surface area contributed by atoms with Crippen LogP contribution in [0.1, 0.15) is 11.3 Å². The number of benzene rings is 3. The summed E-state index contributed by atoms with van der Waals surface area (Å²) in [4.78, 5) is 22.2. The lowest BCUT2D eigenvalue weighted by Crippen LogP contribution is -2.15. The number of methoxy groups -OCH3 is 2. The largest absolute Gasteiger partial charge is 0.497 e. The van der Waals surface area contributed by atoms with E-state index >= 15 is 0 Å². The van der Waals surface area contributed by atoms with Crippen LogP contribution in [0.2, 0.25) is 0 Å². The van der Waals surface area contributed by atoms with Gasteiger partial charge < -0.3 is 14.8 Å². The Bertz CT molecular complexity index is 1280. The van der Waals surface area contributed by atoms with Gasteiger partial charge in [-0.1, -0.05) is 36.0 Å². The van der Waals surface area contributed by atoms with Gasteiger partial charge in [-0.15, -0.1) is 0 Å². The number of hydrogen-bond acceptors (Lipinski definition) is 6. The number of thioether (sulfide) groups is 1. The average Bonchev–Trinajstić information content (AvgIpc) is 2.84. The topological polar surface area (TPSA) is 73.3 Å². The van der Waals surface area contributed by atoms with Crippen LogP contribution >= 0.6 is 11.8 Å². The van der Waals surface area contributed by atoms with E-state index in [9.17, 15) is 9.18 Å². The van der Waals surface area contributed by atoms with Gasteiger partial charge in [0, 0.05) is 12.5 Å². The quantitative estimate of drug-likeness (QED) is 0.366. The Kier molecular flexibility index (Phi) is 7.04. The average molecular weight is 464 g/mol. The van der Waals surface area contributed by atoms with E-state index in [1.165, 1.54) is 31.0 Å². The molecule has 8 heteroatoms. The number of hydrogen-bond donors (Lipinski definition) is 1. The Balaban J connectivity index is 1.53. The third-order valence-corrected chi connectivity index (χ3v) is 5.92. The molecule has 0 aliphatic rings. The number of nitrogens with one attached hydrogen (secondary N) is 1. The van der Waals surface area contributed by atoms with Gasteiger partial charge >= 0.3 is 0 Å². The predicted molar refractivity (Wildman–Crippen MR) is 128 cm³/mol. The molecule has 4 aromatic rings. The van der Waals surface area contributed by atoms with Crippen molar-refractivity contribution in [2.75, 3.05) is 25.3 Å². The van der Waals surface area contributed by atoms with Crippen molar-refractivity contribution < 1.29 is 18.7 Å². The third-order valence-electron chi connectivity index (χ3n) is 4.91. The van der Waals surface area contributed by atoms with Crippen LogP contribution in [-0.4, -0.2) is 35.8 Å². The molecule has 0 radical (unpaired) electrons. The second kappa shape index (κ2) is 10.3. The molecule has 4 rings (SSSR count). The maximum atomic E-state index is 13.3. The second-order valence-electron chi connectivity index (χ2n) is 7.17. The van der Waals surface area contributed by atoms with E-state index < -0.39 is 0 Å². The molecule has 0 bridgehead atoms. The molecule has 0 atom stereocenters. The highest BCUT2D eigenvalue weighted by Gasteiger charge is 2.14. The minimum Gasteiger partial charge on any atom is -0.497 e. The summed E-state index contributed by atoms with van der Waals surface area (Å²) in [5.41, 5.74) is 3.72. The van der Waals surface area contributed by atoms with Gasteiger partial charge in [0.05, 0.1) is 42.4 Å². The van der Waals surface area contributed by atoms with Crippen molar-refractivity contribution in [3.8, 4) is 11.5 Å². The summed E-state index contributed by atoms with van der Waals surface area (Å²) in [6.45, 7) is 0. The van der Waals surface area contributed by atoms with Crippen molar-refractivity contribution in [2.45, 2.75) is 11.4 Å². The summed E-state index contributed by atoms with van der Waals surface area (Å²) in [6.07, 6.45) is 0.481. The number of nitrogens with zero attached hydrogens (tertiary/aromatic N) is 2. The normalized spacial score (nSPS) is 10.8. The second-order valence-corrected chi connectivity index (χ2v) is 8.13. The zero-order valence-electron chi connectivity index (χ0n) is 18.2. The summed E-state index contributed by atoms with van der Waals surface area (Å²) >= 11 is 1.31. The van der Waals surface area contributed by atoms with Crippen LogP contribution in [0, 0.1) is 5.82 Å². The van der Waals surface area contributed by atoms with Crippen molar-refractivity contribution in [1.82, 2.24) is 9.97 Å². The fraction of sp³-hybridized carbons (Fsp3) is 0.160. The minimum absolute atomic E-state index is 0.138. The molecule has 1 aromatic heterocycles. The Morgan fingerprint density at radius 2 is 1.70 bits per heavy atom. The highest BCUT2D eigenvalue weighted by atomic mass is 32.2. The van der Waals surface area contributed by atoms with Crippen molar-refractivity contribution in [3.63, 3.8) is 0 Å². The Hall–Kier alpha value is -3.65. The monoisotopic (exact) mass is 463 g/mol. The number of halogens is 1. The van der Waals surface area contributed by atoms with Gasteiger partial charge in [0.25, 0.3) is 0 Å². The number of carbonyl (C=O) groups excluding carboxylic acids is 1. The lowest BCUT2D eigenvalue weighted by molar-refractivity contribution is -0.113. The molecular weight excluding hydrogens is 441 g/mol. The predicted octanol–water partition coefficient (Wildman–Crippen LogP) is 5.11. The zero-order chi connectivity index (χ0) is 23.2. The van der Waals surface area contributed by atoms with Crippen LogP contribution in [0.3, 0.4) is 0 Å². The van der Waals surface area contributed by atoms with Gasteiger partial charge in [-0.05, 0) is 42.0 Å². The molecule has 0 unspecified atom stereocenters. The van der Waals surface area contributed by atoms with Gasteiger partial charge in [-0.3, -0.25) is 4.79 Å². The van der Waals surface area contributed by atoms with E-state index in [0.717, 1.165) is 22.3 Å². The van der Waals surface area contributed by atoms with Gasteiger partial charge in [0.2, 0.25) is 5.91 Å². The minimum atomic E-state index is -0.288. The molecule has 168 valence electrons. The smallest absolute Gasteiger partial charge is 0.234 e. The lowest BCUT2D eigenvalue weighted by atomic mass is 10.1.